The molecule has 0 radical (unpaired) electrons. The third-order valence-corrected chi connectivity index (χ3v) is 5.15. The summed E-state index contributed by atoms with van der Waals surface area (Å²) < 4.78 is 4.97. The highest BCUT2D eigenvalue weighted by Gasteiger charge is 2.26. The number of carbonyl (C=O) groups is 2. The maximum absolute atomic E-state index is 12.1. The van der Waals surface area contributed by atoms with Gasteiger partial charge in [-0.3, -0.25) is 14.9 Å². The number of rotatable bonds is 10. The molecule has 1 amide bonds. The zero-order valence-corrected chi connectivity index (χ0v) is 16.4. The molecule has 0 bridgehead atoms. The van der Waals surface area contributed by atoms with E-state index in [0.29, 0.717) is 18.0 Å². The number of anilines is 1. The first kappa shape index (κ1) is 20.7. The van der Waals surface area contributed by atoms with E-state index >= 15 is 0 Å². The largest absolute Gasteiger partial charge is 0.452 e. The van der Waals surface area contributed by atoms with Gasteiger partial charge in [0.15, 0.2) is 6.61 Å². The van der Waals surface area contributed by atoms with E-state index in [-0.39, 0.29) is 17.3 Å². The minimum Gasteiger partial charge on any atom is -0.452 e. The molecule has 0 unspecified atom stereocenters. The van der Waals surface area contributed by atoms with Crippen LogP contribution >= 0.6 is 11.8 Å². The summed E-state index contributed by atoms with van der Waals surface area (Å²) in [5.74, 6) is -0.515. The second-order valence-electron chi connectivity index (χ2n) is 6.50. The molecule has 0 aromatic heterocycles. The Balaban J connectivity index is 1.44. The summed E-state index contributed by atoms with van der Waals surface area (Å²) >= 11 is 1.61. The monoisotopic (exact) mass is 415 g/mol. The fourth-order valence-electron chi connectivity index (χ4n) is 2.52. The number of hydrogen-bond donors (Lipinski definition) is 2. The summed E-state index contributed by atoms with van der Waals surface area (Å²) in [6.07, 6.45) is 1.94. The molecule has 0 spiro atoms. The molecule has 0 saturated heterocycles. The number of thioether (sulfide) groups is 1. The highest BCUT2D eigenvalue weighted by atomic mass is 32.2. The third-order valence-electron chi connectivity index (χ3n) is 4.14. The summed E-state index contributed by atoms with van der Waals surface area (Å²) in [6, 6.07) is 14.2. The van der Waals surface area contributed by atoms with Crippen LogP contribution in [0.25, 0.3) is 0 Å². The number of nitro groups is 1. The lowest BCUT2D eigenvalue weighted by Gasteiger charge is -2.09. The normalized spacial score (nSPS) is 12.8. The maximum Gasteiger partial charge on any atom is 0.338 e. The molecular weight excluding hydrogens is 394 g/mol. The number of amides is 1. The Morgan fingerprint density at radius 1 is 1.17 bits per heavy atom. The lowest BCUT2D eigenvalue weighted by atomic mass is 10.1. The van der Waals surface area contributed by atoms with Gasteiger partial charge in [-0.1, -0.05) is 18.2 Å². The van der Waals surface area contributed by atoms with E-state index in [0.717, 1.165) is 17.7 Å². The first-order valence-corrected chi connectivity index (χ1v) is 10.2. The first-order chi connectivity index (χ1) is 14.0. The van der Waals surface area contributed by atoms with E-state index in [1.54, 1.807) is 11.8 Å². The van der Waals surface area contributed by atoms with Crippen LogP contribution in [0.1, 0.15) is 23.2 Å². The van der Waals surface area contributed by atoms with Gasteiger partial charge in [-0.15, -0.1) is 11.8 Å². The minimum atomic E-state index is -0.778. The van der Waals surface area contributed by atoms with E-state index in [2.05, 4.69) is 10.6 Å². The SMILES string of the molecule is O=C(COC(=O)c1ccc(NC2CC2)c([N+](=O)[O-])c1)NCCSc1ccccc1. The fourth-order valence-corrected chi connectivity index (χ4v) is 3.31. The Kier molecular flexibility index (Phi) is 7.07. The molecule has 1 aliphatic rings. The quantitative estimate of drug-likeness (QED) is 0.201. The number of nitro benzene ring substituents is 1. The molecule has 29 heavy (non-hydrogen) atoms. The van der Waals surface area contributed by atoms with E-state index in [4.69, 9.17) is 4.74 Å². The van der Waals surface area contributed by atoms with Gasteiger partial charge in [-0.25, -0.2) is 4.79 Å². The summed E-state index contributed by atoms with van der Waals surface area (Å²) in [6.45, 7) is -0.00629. The van der Waals surface area contributed by atoms with E-state index < -0.39 is 23.4 Å². The van der Waals surface area contributed by atoms with Gasteiger partial charge in [-0.2, -0.15) is 0 Å². The molecule has 0 heterocycles. The Morgan fingerprint density at radius 2 is 1.93 bits per heavy atom. The molecule has 1 fully saturated rings. The molecule has 2 aromatic rings. The zero-order valence-electron chi connectivity index (χ0n) is 15.6. The van der Waals surface area contributed by atoms with Crippen LogP contribution in [0.3, 0.4) is 0 Å². The van der Waals surface area contributed by atoms with Crippen LogP contribution in [0.2, 0.25) is 0 Å². The van der Waals surface area contributed by atoms with Gasteiger partial charge < -0.3 is 15.4 Å². The number of hydrogen-bond acceptors (Lipinski definition) is 7. The van der Waals surface area contributed by atoms with Crippen molar-refractivity contribution in [3.63, 3.8) is 0 Å². The summed E-state index contributed by atoms with van der Waals surface area (Å²) in [5.41, 5.74) is 0.224. The zero-order chi connectivity index (χ0) is 20.6. The molecule has 8 nitrogen and oxygen atoms in total. The highest BCUT2D eigenvalue weighted by molar-refractivity contribution is 7.99. The fraction of sp³-hybridized carbons (Fsp3) is 0.300. The highest BCUT2D eigenvalue weighted by Crippen LogP contribution is 2.31. The maximum atomic E-state index is 12.1. The molecular formula is C20H21N3O5S. The van der Waals surface area contributed by atoms with E-state index in [1.807, 2.05) is 30.3 Å². The molecule has 1 saturated carbocycles. The molecule has 152 valence electrons. The Bertz CT molecular complexity index is 887. The number of esters is 1. The van der Waals surface area contributed by atoms with Gasteiger partial charge >= 0.3 is 5.97 Å². The number of benzene rings is 2. The average Bonchev–Trinajstić information content (AvgIpc) is 3.54. The Labute approximate surface area is 172 Å². The van der Waals surface area contributed by atoms with Crippen molar-refractivity contribution in [2.45, 2.75) is 23.8 Å². The van der Waals surface area contributed by atoms with Crippen LogP contribution in [0, 0.1) is 10.1 Å². The number of carbonyl (C=O) groups excluding carboxylic acids is 2. The molecule has 2 N–H and O–H groups in total. The minimum absolute atomic E-state index is 0.0329. The van der Waals surface area contributed by atoms with E-state index in [9.17, 15) is 19.7 Å². The number of nitrogens with one attached hydrogen (secondary N) is 2. The second-order valence-corrected chi connectivity index (χ2v) is 7.66. The summed E-state index contributed by atoms with van der Waals surface area (Å²) in [4.78, 5) is 35.8. The summed E-state index contributed by atoms with van der Waals surface area (Å²) in [7, 11) is 0. The van der Waals surface area contributed by atoms with E-state index in [1.165, 1.54) is 18.2 Å². The number of nitrogens with zero attached hydrogens (tertiary/aromatic N) is 1. The van der Waals surface area contributed by atoms with Gasteiger partial charge in [0, 0.05) is 29.3 Å². The van der Waals surface area contributed by atoms with Crippen molar-refractivity contribution in [3.8, 4) is 0 Å². The van der Waals surface area contributed by atoms with Crippen LogP contribution in [-0.4, -0.2) is 41.7 Å². The predicted molar refractivity (Wildman–Crippen MR) is 110 cm³/mol. The molecule has 0 atom stereocenters. The van der Waals surface area contributed by atoms with Gasteiger partial charge in [0.05, 0.1) is 10.5 Å². The standard InChI is InChI=1S/C20H21N3O5S/c24-19(21-10-11-29-16-4-2-1-3-5-16)13-28-20(25)14-6-9-17(22-15-7-8-15)18(12-14)23(26)27/h1-6,9,12,15,22H,7-8,10-11,13H2,(H,21,24). The van der Waals surface area contributed by atoms with Crippen LogP contribution in [0.4, 0.5) is 11.4 Å². The summed E-state index contributed by atoms with van der Waals surface area (Å²) in [5, 5.41) is 17.0. The van der Waals surface area contributed by atoms with Crippen LogP contribution < -0.4 is 10.6 Å². The number of ether oxygens (including phenoxy) is 1. The molecule has 1 aliphatic carbocycles. The van der Waals surface area contributed by atoms with Crippen molar-refractivity contribution in [2.75, 3.05) is 24.2 Å². The van der Waals surface area contributed by atoms with Crippen LogP contribution in [0.5, 0.6) is 0 Å². The first-order valence-electron chi connectivity index (χ1n) is 9.19. The van der Waals surface area contributed by atoms with Crippen molar-refractivity contribution in [2.24, 2.45) is 0 Å². The second kappa shape index (κ2) is 9.92. The van der Waals surface area contributed by atoms with Crippen molar-refractivity contribution >= 4 is 35.0 Å². The van der Waals surface area contributed by atoms with Crippen LogP contribution in [-0.2, 0) is 9.53 Å². The van der Waals surface area contributed by atoms with Crippen molar-refractivity contribution in [3.05, 3.63) is 64.2 Å². The Hall–Kier alpha value is -3.07. The van der Waals surface area contributed by atoms with Crippen LogP contribution in [0.15, 0.2) is 53.4 Å². The lowest BCUT2D eigenvalue weighted by molar-refractivity contribution is -0.384. The van der Waals surface area contributed by atoms with Crippen molar-refractivity contribution < 1.29 is 19.2 Å². The third kappa shape index (κ3) is 6.49. The Morgan fingerprint density at radius 3 is 2.62 bits per heavy atom. The predicted octanol–water partition coefficient (Wildman–Crippen LogP) is 3.23. The van der Waals surface area contributed by atoms with Gasteiger partial charge in [0.1, 0.15) is 5.69 Å². The van der Waals surface area contributed by atoms with Gasteiger partial charge in [0.25, 0.3) is 11.6 Å². The topological polar surface area (TPSA) is 111 Å². The average molecular weight is 415 g/mol. The van der Waals surface area contributed by atoms with Crippen molar-refractivity contribution in [1.29, 1.82) is 0 Å². The molecule has 3 rings (SSSR count). The molecule has 9 heteroatoms. The van der Waals surface area contributed by atoms with Gasteiger partial charge in [-0.05, 0) is 37.1 Å². The molecule has 2 aromatic carbocycles. The lowest BCUT2D eigenvalue weighted by Crippen LogP contribution is -2.30. The molecule has 0 aliphatic heterocycles. The smallest absolute Gasteiger partial charge is 0.338 e. The van der Waals surface area contributed by atoms with Gasteiger partial charge in [0.2, 0.25) is 0 Å². The van der Waals surface area contributed by atoms with Crippen molar-refractivity contribution in [1.82, 2.24) is 5.32 Å².